The number of carbonyl (C=O) groups excluding carboxylic acids is 1. The van der Waals surface area contributed by atoms with Gasteiger partial charge in [-0.3, -0.25) is 14.0 Å². The lowest BCUT2D eigenvalue weighted by molar-refractivity contribution is -0.138. The molecule has 2 aromatic heterocycles. The van der Waals surface area contributed by atoms with Gasteiger partial charge in [0.25, 0.3) is 5.91 Å². The number of carboxylic acid groups (broad SMARTS) is 1. The molecular weight excluding hydrogens is 387 g/mol. The minimum atomic E-state index is -4.64. The zero-order valence-electron chi connectivity index (χ0n) is 14.8. The minimum Gasteiger partial charge on any atom is -0.481 e. The largest absolute Gasteiger partial charge is 0.481 e. The first-order valence-electron chi connectivity index (χ1n) is 8.38. The van der Waals surface area contributed by atoms with Crippen molar-refractivity contribution >= 4 is 29.1 Å². The fourth-order valence-electron chi connectivity index (χ4n) is 2.74. The number of amides is 1. The van der Waals surface area contributed by atoms with E-state index >= 15 is 0 Å². The molecule has 2 heterocycles. The summed E-state index contributed by atoms with van der Waals surface area (Å²) in [5, 5.41) is 8.66. The van der Waals surface area contributed by atoms with E-state index < -0.39 is 23.6 Å². The van der Waals surface area contributed by atoms with E-state index in [2.05, 4.69) is 4.98 Å². The highest BCUT2D eigenvalue weighted by Gasteiger charge is 2.33. The van der Waals surface area contributed by atoms with Gasteiger partial charge in [-0.05, 0) is 18.9 Å². The summed E-state index contributed by atoms with van der Waals surface area (Å²) in [6, 6.07) is 0.770. The van der Waals surface area contributed by atoms with Crippen molar-refractivity contribution in [1.29, 1.82) is 0 Å². The van der Waals surface area contributed by atoms with Crippen LogP contribution in [-0.4, -0.2) is 44.4 Å². The number of alkyl halides is 3. The number of carboxylic acids is 1. The molecule has 0 bridgehead atoms. The summed E-state index contributed by atoms with van der Waals surface area (Å²) < 4.78 is 40.5. The molecule has 0 unspecified atom stereocenters. The maximum atomic E-state index is 13.2. The van der Waals surface area contributed by atoms with E-state index in [0.29, 0.717) is 18.5 Å². The van der Waals surface area contributed by atoms with Crippen molar-refractivity contribution in [2.45, 2.75) is 39.3 Å². The summed E-state index contributed by atoms with van der Waals surface area (Å²) in [5.74, 6) is -1.64. The topological polar surface area (TPSA) is 74.9 Å². The zero-order chi connectivity index (χ0) is 20.4. The van der Waals surface area contributed by atoms with Gasteiger partial charge in [0.05, 0.1) is 22.7 Å². The third-order valence-electron chi connectivity index (χ3n) is 3.99. The summed E-state index contributed by atoms with van der Waals surface area (Å²) in [7, 11) is 0. The highest BCUT2D eigenvalue weighted by molar-refractivity contribution is 6.33. The SMILES string of the molecule is CCCN(CCC(=O)O)C(=O)c1c(CC)nc2c(Cl)cc(C(F)(F)F)cn12. The standard InChI is InChI=1S/C17H19ClF3N3O3/c1-3-6-23(7-5-13(25)26)16(27)14-12(4-2)22-15-11(18)8-10(9-24(14)15)17(19,20)21/h8-9H,3-7H2,1-2H3,(H,25,26). The van der Waals surface area contributed by atoms with Crippen molar-refractivity contribution in [2.75, 3.05) is 13.1 Å². The minimum absolute atomic E-state index is 0.0284. The second kappa shape index (κ2) is 8.16. The van der Waals surface area contributed by atoms with E-state index in [1.165, 1.54) is 4.90 Å². The van der Waals surface area contributed by atoms with Gasteiger partial charge >= 0.3 is 12.1 Å². The predicted octanol–water partition coefficient (Wildman–Crippen LogP) is 3.90. The molecule has 0 aliphatic carbocycles. The number of halogens is 4. The molecule has 0 aliphatic rings. The highest BCUT2D eigenvalue weighted by atomic mass is 35.5. The van der Waals surface area contributed by atoms with E-state index in [-0.39, 0.29) is 35.9 Å². The van der Waals surface area contributed by atoms with E-state index in [0.717, 1.165) is 16.7 Å². The van der Waals surface area contributed by atoms with Crippen molar-refractivity contribution in [1.82, 2.24) is 14.3 Å². The fraction of sp³-hybridized carbons (Fsp3) is 0.471. The van der Waals surface area contributed by atoms with Crippen molar-refractivity contribution < 1.29 is 27.9 Å². The second-order valence-electron chi connectivity index (χ2n) is 5.96. The Morgan fingerprint density at radius 1 is 1.30 bits per heavy atom. The summed E-state index contributed by atoms with van der Waals surface area (Å²) in [6.45, 7) is 3.76. The molecule has 1 N–H and O–H groups in total. The van der Waals surface area contributed by atoms with E-state index in [1.54, 1.807) is 6.92 Å². The first kappa shape index (κ1) is 21.0. The fourth-order valence-corrected chi connectivity index (χ4v) is 3.00. The lowest BCUT2D eigenvalue weighted by atomic mass is 10.2. The molecule has 0 atom stereocenters. The number of hydrogen-bond acceptors (Lipinski definition) is 3. The number of aryl methyl sites for hydroxylation is 1. The Bertz CT molecular complexity index is 864. The van der Waals surface area contributed by atoms with Crippen LogP contribution >= 0.6 is 11.6 Å². The second-order valence-corrected chi connectivity index (χ2v) is 6.37. The van der Waals surface area contributed by atoms with E-state index in [4.69, 9.17) is 16.7 Å². The number of pyridine rings is 1. The maximum Gasteiger partial charge on any atom is 0.417 e. The van der Waals surface area contributed by atoms with Gasteiger partial charge < -0.3 is 10.0 Å². The predicted molar refractivity (Wildman–Crippen MR) is 93.0 cm³/mol. The number of fused-ring (bicyclic) bond motifs is 1. The number of aromatic nitrogens is 2. The van der Waals surface area contributed by atoms with Crippen molar-refractivity contribution in [3.8, 4) is 0 Å². The quantitative estimate of drug-likeness (QED) is 0.758. The molecule has 0 radical (unpaired) electrons. The van der Waals surface area contributed by atoms with Crippen LogP contribution in [0.1, 0.15) is 48.4 Å². The van der Waals surface area contributed by atoms with Crippen LogP contribution in [-0.2, 0) is 17.4 Å². The zero-order valence-corrected chi connectivity index (χ0v) is 15.6. The molecule has 0 fully saturated rings. The van der Waals surface area contributed by atoms with Crippen molar-refractivity contribution in [3.63, 3.8) is 0 Å². The number of nitrogens with zero attached hydrogens (tertiary/aromatic N) is 3. The first-order valence-corrected chi connectivity index (χ1v) is 8.76. The first-order chi connectivity index (χ1) is 12.6. The van der Waals surface area contributed by atoms with Crippen LogP contribution in [0.5, 0.6) is 0 Å². The van der Waals surface area contributed by atoms with Crippen LogP contribution in [0.4, 0.5) is 13.2 Å². The molecule has 148 valence electrons. The average Bonchev–Trinajstić information content (AvgIpc) is 2.96. The van der Waals surface area contributed by atoms with Crippen LogP contribution in [0.3, 0.4) is 0 Å². The highest BCUT2D eigenvalue weighted by Crippen LogP contribution is 2.33. The van der Waals surface area contributed by atoms with Gasteiger partial charge in [0.2, 0.25) is 0 Å². The van der Waals surface area contributed by atoms with Crippen molar-refractivity contribution in [2.24, 2.45) is 0 Å². The molecule has 0 saturated carbocycles. The number of hydrogen-bond donors (Lipinski definition) is 1. The average molecular weight is 406 g/mol. The van der Waals surface area contributed by atoms with Crippen LogP contribution in [0.25, 0.3) is 5.65 Å². The molecule has 27 heavy (non-hydrogen) atoms. The van der Waals surface area contributed by atoms with Crippen LogP contribution in [0.15, 0.2) is 12.3 Å². The summed E-state index contributed by atoms with van der Waals surface area (Å²) >= 11 is 5.97. The summed E-state index contributed by atoms with van der Waals surface area (Å²) in [5.41, 5.74) is -0.668. The Morgan fingerprint density at radius 3 is 2.48 bits per heavy atom. The van der Waals surface area contributed by atoms with Gasteiger partial charge in [-0.1, -0.05) is 25.4 Å². The smallest absolute Gasteiger partial charge is 0.417 e. The lowest BCUT2D eigenvalue weighted by Gasteiger charge is -2.22. The van der Waals surface area contributed by atoms with Crippen molar-refractivity contribution in [3.05, 3.63) is 34.2 Å². The number of rotatable bonds is 7. The Morgan fingerprint density at radius 2 is 1.96 bits per heavy atom. The van der Waals surface area contributed by atoms with Gasteiger partial charge in [0.1, 0.15) is 5.69 Å². The molecule has 2 rings (SSSR count). The monoisotopic (exact) mass is 405 g/mol. The summed E-state index contributed by atoms with van der Waals surface area (Å²) in [6.07, 6.45) is -3.24. The molecule has 10 heteroatoms. The molecule has 1 amide bonds. The van der Waals surface area contributed by atoms with E-state index in [9.17, 15) is 22.8 Å². The Balaban J connectivity index is 2.61. The third kappa shape index (κ3) is 4.52. The van der Waals surface area contributed by atoms with Crippen LogP contribution < -0.4 is 0 Å². The molecule has 2 aromatic rings. The lowest BCUT2D eigenvalue weighted by Crippen LogP contribution is -2.35. The number of carbonyl (C=O) groups is 2. The van der Waals surface area contributed by atoms with Gasteiger partial charge in [-0.2, -0.15) is 13.2 Å². The number of aliphatic carboxylic acids is 1. The van der Waals surface area contributed by atoms with E-state index in [1.807, 2.05) is 6.92 Å². The normalized spacial score (nSPS) is 11.8. The molecule has 0 aliphatic heterocycles. The maximum absolute atomic E-state index is 13.2. The number of imidazole rings is 1. The Labute approximate surface area is 158 Å². The molecular formula is C17H19ClF3N3O3. The van der Waals surface area contributed by atoms with Gasteiger partial charge in [-0.25, -0.2) is 4.98 Å². The third-order valence-corrected chi connectivity index (χ3v) is 4.27. The van der Waals surface area contributed by atoms with Crippen LogP contribution in [0, 0.1) is 0 Å². The summed E-state index contributed by atoms with van der Waals surface area (Å²) in [4.78, 5) is 29.4. The Kier molecular flexibility index (Phi) is 6.35. The molecule has 0 spiro atoms. The molecule has 6 nitrogen and oxygen atoms in total. The van der Waals surface area contributed by atoms with Crippen LogP contribution in [0.2, 0.25) is 5.02 Å². The van der Waals surface area contributed by atoms with Gasteiger partial charge in [0.15, 0.2) is 5.65 Å². The van der Waals surface area contributed by atoms with Gasteiger partial charge in [0, 0.05) is 19.3 Å². The molecule has 0 saturated heterocycles. The van der Waals surface area contributed by atoms with Gasteiger partial charge in [-0.15, -0.1) is 0 Å². The Hall–Kier alpha value is -2.29. The molecule has 0 aromatic carbocycles.